The first kappa shape index (κ1) is 16.6. The lowest BCUT2D eigenvalue weighted by Crippen LogP contribution is -2.14. The summed E-state index contributed by atoms with van der Waals surface area (Å²) in [7, 11) is 0. The van der Waals surface area contributed by atoms with Gasteiger partial charge >= 0.3 is 0 Å². The van der Waals surface area contributed by atoms with Crippen molar-refractivity contribution in [1.82, 2.24) is 9.66 Å². The molecule has 3 heterocycles. The number of para-hydroxylation sites is 1. The maximum Gasteiger partial charge on any atom is 0.206 e. The van der Waals surface area contributed by atoms with Crippen LogP contribution in [0.15, 0.2) is 62.6 Å². The zero-order valence-electron chi connectivity index (χ0n) is 14.9. The number of aromatic amines is 1. The number of rotatable bonds is 4. The molecule has 0 aliphatic heterocycles. The third-order valence-corrected chi connectivity index (χ3v) is 4.90. The molecular formula is C20H20N4OS. The Balaban J connectivity index is 1.86. The number of thiazole rings is 1. The molecule has 1 N–H and O–H groups in total. The minimum Gasteiger partial charge on any atom is -0.463 e. The van der Waals surface area contributed by atoms with Crippen LogP contribution in [0.4, 0.5) is 0 Å². The van der Waals surface area contributed by atoms with Crippen LogP contribution in [0.1, 0.15) is 25.1 Å². The number of fused-ring (bicyclic) bond motifs is 1. The fourth-order valence-corrected chi connectivity index (χ4v) is 3.85. The molecule has 0 saturated heterocycles. The molecular weight excluding hydrogens is 344 g/mol. The van der Waals surface area contributed by atoms with E-state index in [9.17, 15) is 0 Å². The Bertz CT molecular complexity index is 1130. The zero-order chi connectivity index (χ0) is 18.1. The van der Waals surface area contributed by atoms with E-state index in [0.717, 1.165) is 38.4 Å². The second kappa shape index (κ2) is 6.80. The molecule has 0 atom stereocenters. The van der Waals surface area contributed by atoms with E-state index in [-0.39, 0.29) is 6.04 Å². The number of aromatic nitrogens is 2. The zero-order valence-corrected chi connectivity index (χ0v) is 15.7. The minimum absolute atomic E-state index is 0.189. The van der Waals surface area contributed by atoms with Crippen LogP contribution in [0.3, 0.4) is 0 Å². The van der Waals surface area contributed by atoms with Gasteiger partial charge in [-0.3, -0.25) is 4.99 Å². The summed E-state index contributed by atoms with van der Waals surface area (Å²) in [4.78, 5) is 8.95. The summed E-state index contributed by atoms with van der Waals surface area (Å²) in [6.45, 7) is 6.18. The van der Waals surface area contributed by atoms with E-state index in [4.69, 9.17) is 14.5 Å². The van der Waals surface area contributed by atoms with Gasteiger partial charge in [-0.15, -0.1) is 11.3 Å². The Hall–Kier alpha value is -2.86. The molecule has 5 nitrogen and oxygen atoms in total. The van der Waals surface area contributed by atoms with Crippen molar-refractivity contribution in [3.8, 4) is 11.5 Å². The molecule has 0 amide bonds. The van der Waals surface area contributed by atoms with Crippen molar-refractivity contribution in [2.24, 2.45) is 10.1 Å². The summed E-state index contributed by atoms with van der Waals surface area (Å²) in [6.07, 6.45) is 3.57. The second-order valence-corrected chi connectivity index (χ2v) is 7.21. The Labute approximate surface area is 155 Å². The van der Waals surface area contributed by atoms with Gasteiger partial charge in [-0.2, -0.15) is 5.10 Å². The van der Waals surface area contributed by atoms with Gasteiger partial charge in [0.1, 0.15) is 5.69 Å². The molecule has 0 spiro atoms. The van der Waals surface area contributed by atoms with Crippen LogP contribution in [0.2, 0.25) is 0 Å². The quantitative estimate of drug-likeness (QED) is 0.520. The van der Waals surface area contributed by atoms with E-state index in [0.29, 0.717) is 0 Å². The fourth-order valence-electron chi connectivity index (χ4n) is 2.90. The molecule has 0 unspecified atom stereocenters. The number of hydrogen-bond acceptors (Lipinski definition) is 4. The SMILES string of the molecule is Cc1[nH]c2ccccc2c1C=Nn1c(-c2ccco2)csc1=NC(C)C. The number of nitrogens with zero attached hydrogens (tertiary/aromatic N) is 3. The molecule has 0 fully saturated rings. The molecule has 0 aliphatic rings. The van der Waals surface area contributed by atoms with Crippen molar-refractivity contribution in [3.05, 3.63) is 64.1 Å². The standard InChI is InChI=1S/C20H20N4OS/c1-13(2)22-20-24(18(12-26-20)19-9-6-10-25-19)21-11-16-14(3)23-17-8-5-4-7-15(16)17/h4-13,23H,1-3H3. The largest absolute Gasteiger partial charge is 0.463 e. The minimum atomic E-state index is 0.189. The number of nitrogens with one attached hydrogen (secondary N) is 1. The fraction of sp³-hybridized carbons (Fsp3) is 0.200. The average molecular weight is 364 g/mol. The van der Waals surface area contributed by atoms with Crippen molar-refractivity contribution < 1.29 is 4.42 Å². The monoisotopic (exact) mass is 364 g/mol. The summed E-state index contributed by atoms with van der Waals surface area (Å²) in [6, 6.07) is 12.2. The Kier molecular flexibility index (Phi) is 4.34. The number of H-pyrrole nitrogens is 1. The first-order chi connectivity index (χ1) is 12.6. The number of benzene rings is 1. The van der Waals surface area contributed by atoms with E-state index in [1.807, 2.05) is 40.5 Å². The van der Waals surface area contributed by atoms with E-state index >= 15 is 0 Å². The highest BCUT2D eigenvalue weighted by molar-refractivity contribution is 7.07. The molecule has 26 heavy (non-hydrogen) atoms. The Morgan fingerprint density at radius 1 is 1.19 bits per heavy atom. The lowest BCUT2D eigenvalue weighted by molar-refractivity contribution is 0.575. The van der Waals surface area contributed by atoms with Crippen molar-refractivity contribution in [2.45, 2.75) is 26.8 Å². The van der Waals surface area contributed by atoms with E-state index < -0.39 is 0 Å². The molecule has 132 valence electrons. The average Bonchev–Trinajstić information content (AvgIpc) is 3.31. The molecule has 4 aromatic rings. The lowest BCUT2D eigenvalue weighted by Gasteiger charge is -2.01. The van der Waals surface area contributed by atoms with Gasteiger partial charge in [-0.1, -0.05) is 18.2 Å². The number of furan rings is 1. The van der Waals surface area contributed by atoms with E-state index in [2.05, 4.69) is 37.9 Å². The Morgan fingerprint density at radius 2 is 2.04 bits per heavy atom. The highest BCUT2D eigenvalue weighted by atomic mass is 32.1. The normalized spacial score (nSPS) is 12.8. The van der Waals surface area contributed by atoms with Crippen LogP contribution in [-0.2, 0) is 0 Å². The van der Waals surface area contributed by atoms with Crippen molar-refractivity contribution in [3.63, 3.8) is 0 Å². The van der Waals surface area contributed by atoms with Gasteiger partial charge in [0.15, 0.2) is 5.76 Å². The van der Waals surface area contributed by atoms with Crippen LogP contribution >= 0.6 is 11.3 Å². The van der Waals surface area contributed by atoms with Crippen LogP contribution in [0.5, 0.6) is 0 Å². The highest BCUT2D eigenvalue weighted by Crippen LogP contribution is 2.22. The van der Waals surface area contributed by atoms with Gasteiger partial charge in [-0.05, 0) is 39.0 Å². The predicted octanol–water partition coefficient (Wildman–Crippen LogP) is 4.79. The molecule has 1 aromatic carbocycles. The van der Waals surface area contributed by atoms with Crippen molar-refractivity contribution in [1.29, 1.82) is 0 Å². The van der Waals surface area contributed by atoms with E-state index in [1.54, 1.807) is 17.6 Å². The van der Waals surface area contributed by atoms with Crippen LogP contribution in [-0.4, -0.2) is 21.9 Å². The third kappa shape index (κ3) is 3.04. The van der Waals surface area contributed by atoms with Crippen LogP contribution in [0, 0.1) is 6.92 Å². The molecule has 6 heteroatoms. The Morgan fingerprint density at radius 3 is 2.81 bits per heavy atom. The van der Waals surface area contributed by atoms with Gasteiger partial charge in [0.05, 0.1) is 12.5 Å². The first-order valence-corrected chi connectivity index (χ1v) is 9.41. The van der Waals surface area contributed by atoms with Gasteiger partial charge in [0, 0.05) is 33.6 Å². The summed E-state index contributed by atoms with van der Waals surface area (Å²) >= 11 is 1.56. The van der Waals surface area contributed by atoms with Crippen molar-refractivity contribution >= 4 is 28.5 Å². The van der Waals surface area contributed by atoms with Gasteiger partial charge in [-0.25, -0.2) is 4.68 Å². The second-order valence-electron chi connectivity index (χ2n) is 6.37. The molecule has 0 radical (unpaired) electrons. The molecule has 3 aromatic heterocycles. The molecule has 4 rings (SSSR count). The topological polar surface area (TPSA) is 58.6 Å². The van der Waals surface area contributed by atoms with E-state index in [1.165, 1.54) is 0 Å². The number of hydrogen-bond donors (Lipinski definition) is 1. The highest BCUT2D eigenvalue weighted by Gasteiger charge is 2.11. The van der Waals surface area contributed by atoms with Gasteiger partial charge in [0.25, 0.3) is 0 Å². The maximum atomic E-state index is 5.57. The maximum absolute atomic E-state index is 5.57. The number of aryl methyl sites for hydroxylation is 1. The third-order valence-electron chi connectivity index (χ3n) is 4.07. The van der Waals surface area contributed by atoms with Crippen molar-refractivity contribution in [2.75, 3.05) is 0 Å². The first-order valence-electron chi connectivity index (χ1n) is 8.53. The summed E-state index contributed by atoms with van der Waals surface area (Å²) < 4.78 is 7.43. The van der Waals surface area contributed by atoms with Gasteiger partial charge in [0.2, 0.25) is 4.80 Å². The molecule has 0 saturated carbocycles. The van der Waals surface area contributed by atoms with Gasteiger partial charge < -0.3 is 9.40 Å². The lowest BCUT2D eigenvalue weighted by atomic mass is 10.1. The molecule has 0 bridgehead atoms. The molecule has 0 aliphatic carbocycles. The smallest absolute Gasteiger partial charge is 0.206 e. The summed E-state index contributed by atoms with van der Waals surface area (Å²) in [5.41, 5.74) is 4.18. The predicted molar refractivity (Wildman–Crippen MR) is 107 cm³/mol. The van der Waals surface area contributed by atoms with Crippen LogP contribution < -0.4 is 4.80 Å². The summed E-state index contributed by atoms with van der Waals surface area (Å²) in [5, 5.41) is 7.94. The van der Waals surface area contributed by atoms with Crippen LogP contribution in [0.25, 0.3) is 22.4 Å². The summed E-state index contributed by atoms with van der Waals surface area (Å²) in [5.74, 6) is 0.777.